The summed E-state index contributed by atoms with van der Waals surface area (Å²) in [5, 5.41) is 63.8. The van der Waals surface area contributed by atoms with Crippen molar-refractivity contribution in [2.75, 3.05) is 17.6 Å². The Morgan fingerprint density at radius 2 is 1.21 bits per heavy atom. The highest BCUT2D eigenvalue weighted by Gasteiger charge is 2.38. The Kier molecular flexibility index (Phi) is 22.1. The molecule has 3 aromatic rings. The molecule has 0 bridgehead atoms. The third-order valence-corrected chi connectivity index (χ3v) is 10.5. The molecule has 0 fully saturated rings. The minimum absolute atomic E-state index is 0.00324. The minimum Gasteiger partial charge on any atom is -0.481 e. The fourth-order valence-electron chi connectivity index (χ4n) is 6.55. The number of guanidine groups is 1. The van der Waals surface area contributed by atoms with Crippen LogP contribution in [0.2, 0.25) is 0 Å². The maximum absolute atomic E-state index is 13.7. The number of nitrogens with one attached hydrogen (secondary N) is 8. The van der Waals surface area contributed by atoms with E-state index < -0.39 is 150 Å². The van der Waals surface area contributed by atoms with Gasteiger partial charge in [0, 0.05) is 29.0 Å². The number of carbonyl (C=O) groups is 11. The summed E-state index contributed by atoms with van der Waals surface area (Å²) in [6, 6.07) is -5.67. The Morgan fingerprint density at radius 1 is 0.693 bits per heavy atom. The lowest BCUT2D eigenvalue weighted by Crippen LogP contribution is -2.60. The zero-order valence-corrected chi connectivity index (χ0v) is 40.7. The summed E-state index contributed by atoms with van der Waals surface area (Å²) in [7, 11) is 0. The molecule has 3 unspecified atom stereocenters. The molecule has 6 atom stereocenters. The van der Waals surface area contributed by atoms with Crippen molar-refractivity contribution in [2.45, 2.75) is 106 Å². The zero-order valence-electron chi connectivity index (χ0n) is 39.8. The standard InChI is InChI=1S/C42H55N15O17S/c1-42(2,75)30(39(73)74)55-36(69)24(14-28(63)64)54-35(68)23(13-27(61)62)53-33(66)20(4-3-11-46-40(43)44)51-34(67)22(12-26(59)60)50-25(58)10-9-21(38(71)72)52-32(65)17-5-7-18(8-6-17)47-15-19-16-48-31-29(49-19)37(70)57-41(45)56-31/h5-8,16,20-24,30,47,75H,3-4,9-15H2,1-2H3,(H,50,58)(H,51,67)(H,52,65)(H,53,66)(H,54,68)(H,55,69)(H,59,60)(H,61,62)(H,63,64)(H,71,72)(H,73,74)(H4,43,44,46)(H3,45,48,56,57,70)/t20-,21?,22?,23?,24-,30+/m1/s1. The van der Waals surface area contributed by atoms with Gasteiger partial charge in [-0.3, -0.25) is 57.9 Å². The second-order valence-corrected chi connectivity index (χ2v) is 18.0. The first-order valence-electron chi connectivity index (χ1n) is 22.1. The van der Waals surface area contributed by atoms with Gasteiger partial charge < -0.3 is 80.0 Å². The predicted molar refractivity (Wildman–Crippen MR) is 261 cm³/mol. The molecular formula is C42H55N15O17S. The number of amides is 6. The number of nitrogens with two attached hydrogens (primary N) is 3. The fraction of sp³-hybridized carbons (Fsp3) is 0.429. The fourth-order valence-corrected chi connectivity index (χ4v) is 6.73. The highest BCUT2D eigenvalue weighted by Crippen LogP contribution is 2.19. The number of aromatic amines is 1. The van der Waals surface area contributed by atoms with Crippen LogP contribution in [-0.4, -0.2) is 164 Å². The topological polar surface area (TPSA) is 535 Å². The number of rotatable bonds is 30. The van der Waals surface area contributed by atoms with Gasteiger partial charge >= 0.3 is 29.8 Å². The average molecular weight is 1070 g/mol. The van der Waals surface area contributed by atoms with Gasteiger partial charge in [-0.2, -0.15) is 17.6 Å². The molecule has 1 aromatic carbocycles. The van der Waals surface area contributed by atoms with Gasteiger partial charge in [-0.1, -0.05) is 0 Å². The van der Waals surface area contributed by atoms with E-state index in [0.717, 1.165) is 0 Å². The highest BCUT2D eigenvalue weighted by atomic mass is 32.1. The van der Waals surface area contributed by atoms with Gasteiger partial charge in [0.15, 0.2) is 17.1 Å². The van der Waals surface area contributed by atoms with E-state index in [1.54, 1.807) is 0 Å². The van der Waals surface area contributed by atoms with Crippen LogP contribution in [-0.2, 0) is 54.5 Å². The molecule has 3 rings (SSSR count). The maximum atomic E-state index is 13.7. The highest BCUT2D eigenvalue weighted by molar-refractivity contribution is 7.81. The molecular weight excluding hydrogens is 1020 g/mol. The van der Waals surface area contributed by atoms with Crippen LogP contribution in [0.3, 0.4) is 0 Å². The molecule has 75 heavy (non-hydrogen) atoms. The summed E-state index contributed by atoms with van der Waals surface area (Å²) in [5.41, 5.74) is 16.5. The third-order valence-electron chi connectivity index (χ3n) is 10.2. The lowest BCUT2D eigenvalue weighted by molar-refractivity contribution is -0.145. The summed E-state index contributed by atoms with van der Waals surface area (Å²) < 4.78 is -1.43. The SMILES string of the molecule is CC(C)(S)[C@@H](NC(=O)[C@@H](CC(=O)O)NC(=O)C(CC(=O)O)NC(=O)[C@@H](CCCN=C(N)N)NC(=O)C(CC(=O)O)NC(=O)CCC(NC(=O)c1ccc(NCc2cnc3nc(N)[nH]c(=O)c3n2)cc1)C(=O)O)C(=O)O. The Hall–Kier alpha value is -9.17. The molecule has 406 valence electrons. The van der Waals surface area contributed by atoms with Crippen molar-refractivity contribution in [3.8, 4) is 0 Å². The van der Waals surface area contributed by atoms with Crippen LogP contribution >= 0.6 is 12.6 Å². The van der Waals surface area contributed by atoms with Gasteiger partial charge in [-0.25, -0.2) is 19.6 Å². The first-order valence-corrected chi connectivity index (χ1v) is 22.5. The number of thiol groups is 1. The number of hydrogen-bond acceptors (Lipinski definition) is 19. The zero-order chi connectivity index (χ0) is 56.3. The van der Waals surface area contributed by atoms with Crippen LogP contribution in [0.15, 0.2) is 40.2 Å². The number of anilines is 2. The average Bonchev–Trinajstić information content (AvgIpc) is 3.30. The number of fused-ring (bicyclic) bond motifs is 1. The number of carboxylic acid groups (broad SMARTS) is 5. The Morgan fingerprint density at radius 3 is 1.72 bits per heavy atom. The van der Waals surface area contributed by atoms with Gasteiger partial charge in [0.05, 0.1) is 37.7 Å². The van der Waals surface area contributed by atoms with Crippen LogP contribution < -0.4 is 60.0 Å². The summed E-state index contributed by atoms with van der Waals surface area (Å²) >= 11 is 4.12. The molecule has 0 saturated heterocycles. The monoisotopic (exact) mass is 1070 g/mol. The smallest absolute Gasteiger partial charge is 0.327 e. The lowest BCUT2D eigenvalue weighted by Gasteiger charge is -2.29. The van der Waals surface area contributed by atoms with E-state index >= 15 is 0 Å². The van der Waals surface area contributed by atoms with Gasteiger partial charge in [0.25, 0.3) is 11.5 Å². The van der Waals surface area contributed by atoms with Crippen molar-refractivity contribution < 1.29 is 78.3 Å². The van der Waals surface area contributed by atoms with Crippen molar-refractivity contribution in [2.24, 2.45) is 16.5 Å². The van der Waals surface area contributed by atoms with Crippen molar-refractivity contribution >= 4 is 107 Å². The van der Waals surface area contributed by atoms with Crippen LogP contribution in [0.1, 0.15) is 74.8 Å². The molecule has 0 aliphatic heterocycles. The normalized spacial score (nSPS) is 13.4. The second kappa shape index (κ2) is 27.6. The van der Waals surface area contributed by atoms with E-state index in [9.17, 15) is 83.1 Å². The van der Waals surface area contributed by atoms with Gasteiger partial charge in [0.2, 0.25) is 35.5 Å². The maximum Gasteiger partial charge on any atom is 0.327 e. The molecule has 0 radical (unpaired) electrons. The first-order chi connectivity index (χ1) is 35.0. The first kappa shape index (κ1) is 60.1. The summed E-state index contributed by atoms with van der Waals surface area (Å²) in [6.45, 7) is 2.53. The number of carboxylic acids is 5. The number of nitrogens with zero attached hydrogens (tertiary/aromatic N) is 4. The Balaban J connectivity index is 1.72. The lowest BCUT2D eigenvalue weighted by atomic mass is 10.0. The van der Waals surface area contributed by atoms with Crippen LogP contribution in [0.25, 0.3) is 11.2 Å². The van der Waals surface area contributed by atoms with E-state index in [-0.39, 0.29) is 48.1 Å². The summed E-state index contributed by atoms with van der Waals surface area (Å²) in [4.78, 5) is 170. The number of aliphatic imine (C=N–C) groups is 1. The van der Waals surface area contributed by atoms with Crippen LogP contribution in [0, 0.1) is 0 Å². The molecule has 2 aromatic heterocycles. The Bertz CT molecular complexity index is 2750. The van der Waals surface area contributed by atoms with E-state index in [1.807, 2.05) is 10.6 Å². The van der Waals surface area contributed by atoms with E-state index in [2.05, 4.69) is 64.1 Å². The molecule has 0 aliphatic carbocycles. The van der Waals surface area contributed by atoms with E-state index in [0.29, 0.717) is 11.4 Å². The van der Waals surface area contributed by atoms with Gasteiger partial charge in [0.1, 0.15) is 36.3 Å². The van der Waals surface area contributed by atoms with Crippen molar-refractivity contribution in [3.05, 3.63) is 52.1 Å². The molecule has 19 N–H and O–H groups in total. The predicted octanol–water partition coefficient (Wildman–Crippen LogP) is -4.43. The second-order valence-electron chi connectivity index (χ2n) is 16.8. The number of carbonyl (C=O) groups excluding carboxylic acids is 6. The minimum atomic E-state index is -2.11. The quantitative estimate of drug-likeness (QED) is 0.0130. The number of benzene rings is 1. The molecule has 0 spiro atoms. The van der Waals surface area contributed by atoms with Gasteiger partial charge in [-0.05, 0) is 57.4 Å². The number of nitrogen functional groups attached to an aromatic ring is 1. The molecule has 6 amide bonds. The van der Waals surface area contributed by atoms with Gasteiger partial charge in [-0.15, -0.1) is 0 Å². The number of hydrogen-bond donors (Lipinski definition) is 17. The number of aliphatic carboxylic acids is 5. The number of H-pyrrole nitrogens is 1. The van der Waals surface area contributed by atoms with E-state index in [1.165, 1.54) is 44.3 Å². The molecule has 0 saturated carbocycles. The van der Waals surface area contributed by atoms with Crippen molar-refractivity contribution in [3.63, 3.8) is 0 Å². The molecule has 2 heterocycles. The van der Waals surface area contributed by atoms with Crippen molar-refractivity contribution in [1.29, 1.82) is 0 Å². The van der Waals surface area contributed by atoms with Crippen molar-refractivity contribution in [1.82, 2.24) is 51.8 Å². The van der Waals surface area contributed by atoms with Crippen LogP contribution in [0.4, 0.5) is 11.6 Å². The van der Waals surface area contributed by atoms with Crippen LogP contribution in [0.5, 0.6) is 0 Å². The third kappa shape index (κ3) is 20.1. The summed E-state index contributed by atoms with van der Waals surface area (Å²) in [6.07, 6.45) is -3.92. The molecule has 32 nitrogen and oxygen atoms in total. The van der Waals surface area contributed by atoms with E-state index in [4.69, 9.17) is 17.2 Å². The molecule has 0 aliphatic rings. The molecule has 33 heteroatoms. The summed E-state index contributed by atoms with van der Waals surface area (Å²) in [5.74, 6) is -16.1. The Labute approximate surface area is 428 Å². The number of aromatic nitrogens is 4. The largest absolute Gasteiger partial charge is 0.481 e.